The number of benzene rings is 1. The number of fused-ring (bicyclic) bond motifs is 1. The third kappa shape index (κ3) is 1.64. The van der Waals surface area contributed by atoms with Crippen LogP contribution in [0.15, 0.2) is 30.3 Å². The Kier molecular flexibility index (Phi) is 2.86. The number of hydrogen-bond acceptors (Lipinski definition) is 0. The summed E-state index contributed by atoms with van der Waals surface area (Å²) in [6, 6.07) is 10.4. The third-order valence-corrected chi connectivity index (χ3v) is 1.66. The van der Waals surface area contributed by atoms with Gasteiger partial charge in [0.15, 0.2) is 0 Å². The lowest BCUT2D eigenvalue weighted by atomic mass is 10.2. The molecule has 64 valence electrons. The van der Waals surface area contributed by atoms with Gasteiger partial charge in [0.1, 0.15) is 0 Å². The lowest BCUT2D eigenvalue weighted by molar-refractivity contribution is 0.636. The van der Waals surface area contributed by atoms with Crippen LogP contribution in [0, 0.1) is 6.92 Å². The second kappa shape index (κ2) is 3.90. The van der Waals surface area contributed by atoms with E-state index in [1.165, 1.54) is 16.6 Å². The van der Waals surface area contributed by atoms with Crippen LogP contribution in [0.4, 0.5) is 4.39 Å². The second-order valence-electron chi connectivity index (χ2n) is 2.54. The molecule has 0 bridgehead atoms. The normalized spacial score (nSPS) is 9.25. The molecule has 0 fully saturated rings. The summed E-state index contributed by atoms with van der Waals surface area (Å²) in [5.74, 6) is 0. The first kappa shape index (κ1) is 8.78. The van der Waals surface area contributed by atoms with Gasteiger partial charge in [-0.15, -0.1) is 0 Å². The highest BCUT2D eigenvalue weighted by molar-refractivity contribution is 5.79. The number of aromatic amines is 1. The van der Waals surface area contributed by atoms with Crippen LogP contribution in [0.25, 0.3) is 10.9 Å². The monoisotopic (exact) mass is 165 g/mol. The van der Waals surface area contributed by atoms with Gasteiger partial charge in [-0.05, 0) is 24.4 Å². The second-order valence-corrected chi connectivity index (χ2v) is 2.54. The Morgan fingerprint density at radius 1 is 1.17 bits per heavy atom. The molecule has 0 saturated carbocycles. The molecule has 1 nitrogen and oxygen atoms in total. The van der Waals surface area contributed by atoms with Crippen LogP contribution in [0.5, 0.6) is 0 Å². The zero-order chi connectivity index (χ0) is 8.97. The fraction of sp³-hybridized carbons (Fsp3) is 0.200. The quantitative estimate of drug-likeness (QED) is 0.617. The minimum atomic E-state index is 0.500. The lowest BCUT2D eigenvalue weighted by Gasteiger charge is -1.83. The molecule has 0 unspecified atom stereocenters. The maximum atomic E-state index is 9.50. The van der Waals surface area contributed by atoms with Crippen LogP contribution in [-0.4, -0.2) is 12.2 Å². The van der Waals surface area contributed by atoms with Crippen molar-refractivity contribution in [1.29, 1.82) is 0 Å². The van der Waals surface area contributed by atoms with E-state index in [1.807, 2.05) is 6.07 Å². The van der Waals surface area contributed by atoms with E-state index in [0.29, 0.717) is 7.18 Å². The number of para-hydroxylation sites is 1. The number of alkyl halides is 1. The highest BCUT2D eigenvalue weighted by Gasteiger charge is 1.92. The molecule has 0 aliphatic rings. The molecule has 0 atom stereocenters. The van der Waals surface area contributed by atoms with Crippen LogP contribution < -0.4 is 0 Å². The minimum Gasteiger partial charge on any atom is -0.359 e. The van der Waals surface area contributed by atoms with E-state index in [4.69, 9.17) is 0 Å². The minimum absolute atomic E-state index is 0.500. The molecule has 2 rings (SSSR count). The van der Waals surface area contributed by atoms with Gasteiger partial charge in [0.25, 0.3) is 0 Å². The van der Waals surface area contributed by atoms with E-state index in [2.05, 4.69) is 36.2 Å². The first-order chi connectivity index (χ1) is 5.86. The smallest absolute Gasteiger partial charge is 0.0785 e. The Hall–Kier alpha value is -1.31. The van der Waals surface area contributed by atoms with Gasteiger partial charge in [-0.1, -0.05) is 18.2 Å². The van der Waals surface area contributed by atoms with Crippen LogP contribution >= 0.6 is 0 Å². The summed E-state index contributed by atoms with van der Waals surface area (Å²) >= 11 is 0. The number of nitrogens with one attached hydrogen (secondary N) is 1. The summed E-state index contributed by atoms with van der Waals surface area (Å²) < 4.78 is 9.50. The molecule has 1 aromatic carbocycles. The maximum Gasteiger partial charge on any atom is 0.0785 e. The number of aryl methyl sites for hydroxylation is 1. The van der Waals surface area contributed by atoms with Crippen molar-refractivity contribution in [1.82, 2.24) is 4.98 Å². The van der Waals surface area contributed by atoms with Crippen molar-refractivity contribution in [2.24, 2.45) is 0 Å². The molecule has 1 N–H and O–H groups in total. The Morgan fingerprint density at radius 3 is 2.50 bits per heavy atom. The van der Waals surface area contributed by atoms with Gasteiger partial charge in [0.2, 0.25) is 0 Å². The van der Waals surface area contributed by atoms with Gasteiger partial charge < -0.3 is 4.98 Å². The average Bonchev–Trinajstić information content (AvgIpc) is 2.48. The van der Waals surface area contributed by atoms with E-state index in [9.17, 15) is 4.39 Å². The summed E-state index contributed by atoms with van der Waals surface area (Å²) in [6.07, 6.45) is 0. The third-order valence-electron chi connectivity index (χ3n) is 1.66. The highest BCUT2D eigenvalue weighted by atomic mass is 19.1. The van der Waals surface area contributed by atoms with Crippen molar-refractivity contribution < 1.29 is 4.39 Å². The number of hydrogen-bond donors (Lipinski definition) is 1. The molecular weight excluding hydrogens is 153 g/mol. The van der Waals surface area contributed by atoms with E-state index in [0.717, 1.165) is 0 Å². The molecule has 2 heteroatoms. The van der Waals surface area contributed by atoms with Crippen LogP contribution in [0.3, 0.4) is 0 Å². The summed E-state index contributed by atoms with van der Waals surface area (Å²) in [7, 11) is 0.500. The Bertz CT molecular complexity index is 318. The van der Waals surface area contributed by atoms with Gasteiger partial charge in [-0.2, -0.15) is 0 Å². The number of aromatic nitrogens is 1. The van der Waals surface area contributed by atoms with Gasteiger partial charge in [-0.25, -0.2) is 0 Å². The number of halogens is 1. The summed E-state index contributed by atoms with van der Waals surface area (Å²) in [5.41, 5.74) is 2.45. The molecule has 0 radical (unpaired) electrons. The van der Waals surface area contributed by atoms with E-state index in [1.54, 1.807) is 0 Å². The molecule has 1 aromatic heterocycles. The maximum absolute atomic E-state index is 9.50. The van der Waals surface area contributed by atoms with Gasteiger partial charge in [0, 0.05) is 11.2 Å². The van der Waals surface area contributed by atoms with Crippen molar-refractivity contribution in [3.63, 3.8) is 0 Å². The molecule has 2 aromatic rings. The fourth-order valence-corrected chi connectivity index (χ4v) is 1.22. The molecule has 0 aliphatic carbocycles. The van der Waals surface area contributed by atoms with Crippen molar-refractivity contribution in [2.75, 3.05) is 7.18 Å². The highest BCUT2D eigenvalue weighted by Crippen LogP contribution is 2.12. The lowest BCUT2D eigenvalue weighted by Crippen LogP contribution is -1.65. The average molecular weight is 165 g/mol. The van der Waals surface area contributed by atoms with Gasteiger partial charge in [-0.3, -0.25) is 4.39 Å². The predicted octanol–water partition coefficient (Wildman–Crippen LogP) is 3.06. The molecule has 12 heavy (non-hydrogen) atoms. The Labute approximate surface area is 71.2 Å². The number of rotatable bonds is 0. The molecule has 0 amide bonds. The SMILES string of the molecule is CF.Cc1cc2ccccc2[nH]1. The number of H-pyrrole nitrogens is 1. The first-order valence-electron chi connectivity index (χ1n) is 3.78. The Balaban J connectivity index is 0.000000336. The zero-order valence-corrected chi connectivity index (χ0v) is 7.26. The van der Waals surface area contributed by atoms with Gasteiger partial charge in [0.05, 0.1) is 7.18 Å². The molecule has 1 heterocycles. The first-order valence-corrected chi connectivity index (χ1v) is 3.78. The largest absolute Gasteiger partial charge is 0.359 e. The van der Waals surface area contributed by atoms with Crippen LogP contribution in [0.2, 0.25) is 0 Å². The topological polar surface area (TPSA) is 15.8 Å². The summed E-state index contributed by atoms with van der Waals surface area (Å²) in [5, 5.41) is 1.29. The van der Waals surface area contributed by atoms with E-state index >= 15 is 0 Å². The molecular formula is C10H12FN. The van der Waals surface area contributed by atoms with Gasteiger partial charge >= 0.3 is 0 Å². The Morgan fingerprint density at radius 2 is 1.83 bits per heavy atom. The fourth-order valence-electron chi connectivity index (χ4n) is 1.22. The molecule has 0 aliphatic heterocycles. The molecule has 0 saturated heterocycles. The summed E-state index contributed by atoms with van der Waals surface area (Å²) in [6.45, 7) is 2.07. The van der Waals surface area contributed by atoms with E-state index in [-0.39, 0.29) is 0 Å². The zero-order valence-electron chi connectivity index (χ0n) is 7.26. The van der Waals surface area contributed by atoms with E-state index < -0.39 is 0 Å². The summed E-state index contributed by atoms with van der Waals surface area (Å²) in [4.78, 5) is 3.26. The van der Waals surface area contributed by atoms with Crippen LogP contribution in [0.1, 0.15) is 5.69 Å². The predicted molar refractivity (Wildman–Crippen MR) is 50.1 cm³/mol. The van der Waals surface area contributed by atoms with Crippen molar-refractivity contribution >= 4 is 10.9 Å². The van der Waals surface area contributed by atoms with Crippen molar-refractivity contribution in [3.8, 4) is 0 Å². The standard InChI is InChI=1S/C9H9N.CH3F/c1-7-6-8-4-2-3-5-9(8)10-7;1-2/h2-6,10H,1H3;1H3. The molecule has 0 spiro atoms. The van der Waals surface area contributed by atoms with Crippen LogP contribution in [-0.2, 0) is 0 Å². The van der Waals surface area contributed by atoms with Crippen molar-refractivity contribution in [2.45, 2.75) is 6.92 Å². The van der Waals surface area contributed by atoms with Crippen molar-refractivity contribution in [3.05, 3.63) is 36.0 Å².